The fraction of sp³-hybridized carbons (Fsp3) is 0.923. The predicted octanol–water partition coefficient (Wildman–Crippen LogP) is 5.55. The highest BCUT2D eigenvalue weighted by Gasteiger charge is 2.12. The molecule has 0 spiro atoms. The van der Waals surface area contributed by atoms with Gasteiger partial charge >= 0.3 is 11.9 Å². The lowest BCUT2D eigenvalue weighted by atomic mass is 10.2. The molecule has 0 heterocycles. The van der Waals surface area contributed by atoms with Gasteiger partial charge in [-0.05, 0) is 39.5 Å². The highest BCUT2D eigenvalue weighted by molar-refractivity contribution is 5.70. The van der Waals surface area contributed by atoms with Gasteiger partial charge in [-0.3, -0.25) is 9.59 Å². The zero-order valence-electron chi connectivity index (χ0n) is 22.1. The summed E-state index contributed by atoms with van der Waals surface area (Å²) in [6.07, 6.45) is 9.71. The molecule has 0 amide bonds. The molecule has 0 saturated heterocycles. The zero-order chi connectivity index (χ0) is 25.3. The van der Waals surface area contributed by atoms with Crippen LogP contribution in [-0.4, -0.2) is 64.2 Å². The molecule has 8 heteroatoms. The Morgan fingerprint density at radius 3 is 1.32 bits per heavy atom. The smallest absolute Gasteiger partial charge is 0.308 e. The van der Waals surface area contributed by atoms with Gasteiger partial charge in [0.05, 0.1) is 26.4 Å². The molecule has 0 rings (SSSR count). The third kappa shape index (κ3) is 23.9. The van der Waals surface area contributed by atoms with Gasteiger partial charge in [-0.2, -0.15) is 0 Å². The summed E-state index contributed by atoms with van der Waals surface area (Å²) in [6.45, 7) is 11.0. The highest BCUT2D eigenvalue weighted by atomic mass is 16.7. The Balaban J connectivity index is 3.56. The van der Waals surface area contributed by atoms with Gasteiger partial charge in [0.15, 0.2) is 12.6 Å². The molecule has 0 aromatic carbocycles. The van der Waals surface area contributed by atoms with Crippen molar-refractivity contribution in [3.63, 3.8) is 0 Å². The molecule has 0 aromatic heterocycles. The number of carbonyl (C=O) groups excluding carboxylic acids is 2. The van der Waals surface area contributed by atoms with Crippen molar-refractivity contribution in [1.29, 1.82) is 0 Å². The first-order chi connectivity index (χ1) is 16.5. The van der Waals surface area contributed by atoms with Crippen LogP contribution >= 0.6 is 0 Å². The zero-order valence-corrected chi connectivity index (χ0v) is 22.1. The lowest BCUT2D eigenvalue weighted by Gasteiger charge is -2.15. The maximum Gasteiger partial charge on any atom is 0.308 e. The number of rotatable bonds is 25. The summed E-state index contributed by atoms with van der Waals surface area (Å²) in [4.78, 5) is 23.8. The van der Waals surface area contributed by atoms with Gasteiger partial charge in [0, 0.05) is 26.1 Å². The Bertz CT molecular complexity index is 430. The maximum absolute atomic E-state index is 11.9. The van der Waals surface area contributed by atoms with E-state index in [1.165, 1.54) is 38.5 Å². The average Bonchev–Trinajstić information content (AvgIpc) is 2.80. The number of hydrogen-bond donors (Lipinski definition) is 0. The van der Waals surface area contributed by atoms with Gasteiger partial charge in [-0.1, -0.05) is 52.4 Å². The standard InChI is InChI=1S/C26H50O8/c1-5-7-9-13-17-29-19-21-31-23(3)33-25(27)15-11-12-16-26(28)34-24(4)32-22-20-30-18-14-10-8-6-2/h23-24H,5-22H2,1-4H3. The Hall–Kier alpha value is -1.22. The molecule has 0 fully saturated rings. The van der Waals surface area contributed by atoms with Gasteiger partial charge in [0.1, 0.15) is 0 Å². The van der Waals surface area contributed by atoms with Crippen molar-refractivity contribution in [2.24, 2.45) is 0 Å². The molecule has 202 valence electrons. The largest absolute Gasteiger partial charge is 0.436 e. The summed E-state index contributed by atoms with van der Waals surface area (Å²) < 4.78 is 32.3. The van der Waals surface area contributed by atoms with Crippen LogP contribution in [-0.2, 0) is 38.0 Å². The van der Waals surface area contributed by atoms with Crippen LogP contribution in [0.2, 0.25) is 0 Å². The van der Waals surface area contributed by atoms with Crippen LogP contribution in [0, 0.1) is 0 Å². The van der Waals surface area contributed by atoms with Crippen LogP contribution in [0.5, 0.6) is 0 Å². The fourth-order valence-corrected chi connectivity index (χ4v) is 3.11. The molecule has 0 saturated carbocycles. The topological polar surface area (TPSA) is 89.5 Å². The first-order valence-electron chi connectivity index (χ1n) is 13.3. The maximum atomic E-state index is 11.9. The van der Waals surface area contributed by atoms with E-state index in [4.69, 9.17) is 28.4 Å². The molecule has 2 atom stereocenters. The minimum absolute atomic E-state index is 0.233. The summed E-state index contributed by atoms with van der Waals surface area (Å²) in [6, 6.07) is 0. The molecule has 34 heavy (non-hydrogen) atoms. The number of esters is 2. The molecule has 0 N–H and O–H groups in total. The van der Waals surface area contributed by atoms with Crippen molar-refractivity contribution in [3.05, 3.63) is 0 Å². The summed E-state index contributed by atoms with van der Waals surface area (Å²) >= 11 is 0. The van der Waals surface area contributed by atoms with Crippen molar-refractivity contribution in [2.75, 3.05) is 39.6 Å². The third-order valence-corrected chi connectivity index (χ3v) is 5.05. The quantitative estimate of drug-likeness (QED) is 0.0934. The second-order valence-corrected chi connectivity index (χ2v) is 8.41. The van der Waals surface area contributed by atoms with E-state index in [1.54, 1.807) is 13.8 Å². The third-order valence-electron chi connectivity index (χ3n) is 5.05. The number of carbonyl (C=O) groups is 2. The summed E-state index contributed by atoms with van der Waals surface area (Å²) in [5.41, 5.74) is 0. The summed E-state index contributed by atoms with van der Waals surface area (Å²) in [7, 11) is 0. The lowest BCUT2D eigenvalue weighted by Crippen LogP contribution is -2.21. The van der Waals surface area contributed by atoms with E-state index in [1.807, 2.05) is 0 Å². The van der Waals surface area contributed by atoms with E-state index < -0.39 is 12.6 Å². The first kappa shape index (κ1) is 32.8. The molecule has 0 aliphatic carbocycles. The summed E-state index contributed by atoms with van der Waals surface area (Å²) in [5, 5.41) is 0. The number of unbranched alkanes of at least 4 members (excludes halogenated alkanes) is 7. The number of ether oxygens (including phenoxy) is 6. The molecule has 0 aliphatic heterocycles. The van der Waals surface area contributed by atoms with Crippen LogP contribution in [0.25, 0.3) is 0 Å². The van der Waals surface area contributed by atoms with E-state index >= 15 is 0 Å². The molecule has 0 radical (unpaired) electrons. The van der Waals surface area contributed by atoms with Crippen LogP contribution in [0.4, 0.5) is 0 Å². The van der Waals surface area contributed by atoms with Crippen molar-refractivity contribution in [3.8, 4) is 0 Å². The van der Waals surface area contributed by atoms with E-state index in [0.717, 1.165) is 26.1 Å². The van der Waals surface area contributed by atoms with E-state index in [2.05, 4.69) is 13.8 Å². The van der Waals surface area contributed by atoms with Gasteiger partial charge in [0.2, 0.25) is 0 Å². The van der Waals surface area contributed by atoms with Gasteiger partial charge < -0.3 is 28.4 Å². The van der Waals surface area contributed by atoms with Gasteiger partial charge in [-0.15, -0.1) is 0 Å². The van der Waals surface area contributed by atoms with Crippen LogP contribution in [0.3, 0.4) is 0 Å². The second kappa shape index (κ2) is 24.9. The first-order valence-corrected chi connectivity index (χ1v) is 13.3. The fourth-order valence-electron chi connectivity index (χ4n) is 3.11. The lowest BCUT2D eigenvalue weighted by molar-refractivity contribution is -0.179. The summed E-state index contributed by atoms with van der Waals surface area (Å²) in [5.74, 6) is -0.680. The highest BCUT2D eigenvalue weighted by Crippen LogP contribution is 2.07. The van der Waals surface area contributed by atoms with Crippen molar-refractivity contribution < 1.29 is 38.0 Å². The average molecular weight is 491 g/mol. The molecule has 0 aromatic rings. The molecule has 0 bridgehead atoms. The van der Waals surface area contributed by atoms with Crippen molar-refractivity contribution in [1.82, 2.24) is 0 Å². The van der Waals surface area contributed by atoms with Crippen LogP contribution < -0.4 is 0 Å². The van der Waals surface area contributed by atoms with Crippen LogP contribution in [0.1, 0.15) is 105 Å². The van der Waals surface area contributed by atoms with E-state index in [-0.39, 0.29) is 24.8 Å². The monoisotopic (exact) mass is 490 g/mol. The molecule has 0 aliphatic rings. The Morgan fingerprint density at radius 1 is 0.529 bits per heavy atom. The Kier molecular flexibility index (Phi) is 24.0. The van der Waals surface area contributed by atoms with E-state index in [9.17, 15) is 9.59 Å². The van der Waals surface area contributed by atoms with Crippen molar-refractivity contribution in [2.45, 2.75) is 117 Å². The van der Waals surface area contributed by atoms with E-state index in [0.29, 0.717) is 39.3 Å². The molecular weight excluding hydrogens is 440 g/mol. The predicted molar refractivity (Wildman–Crippen MR) is 131 cm³/mol. The molecular formula is C26H50O8. The number of hydrogen-bond acceptors (Lipinski definition) is 8. The van der Waals surface area contributed by atoms with Gasteiger partial charge in [0.25, 0.3) is 0 Å². The Morgan fingerprint density at radius 2 is 0.941 bits per heavy atom. The SMILES string of the molecule is CCCCCCOCCOC(C)OC(=O)CCCCC(=O)OC(C)OCCOCCCCCC. The van der Waals surface area contributed by atoms with Crippen molar-refractivity contribution >= 4 is 11.9 Å². The minimum Gasteiger partial charge on any atom is -0.436 e. The Labute approximate surface area is 207 Å². The van der Waals surface area contributed by atoms with Gasteiger partial charge in [-0.25, -0.2) is 0 Å². The molecule has 2 unspecified atom stereocenters. The minimum atomic E-state index is -0.612. The normalized spacial score (nSPS) is 12.9. The van der Waals surface area contributed by atoms with Crippen LogP contribution in [0.15, 0.2) is 0 Å². The molecule has 8 nitrogen and oxygen atoms in total. The second-order valence-electron chi connectivity index (χ2n) is 8.41.